The molecule has 1 saturated carbocycles. The van der Waals surface area contributed by atoms with Crippen molar-refractivity contribution in [2.45, 2.75) is 51.7 Å². The number of ether oxygens (including phenoxy) is 1. The molecule has 3 heteroatoms. The van der Waals surface area contributed by atoms with Crippen LogP contribution >= 0.6 is 11.3 Å². The van der Waals surface area contributed by atoms with Gasteiger partial charge in [-0.3, -0.25) is 0 Å². The average molecular weight is 277 g/mol. The van der Waals surface area contributed by atoms with E-state index < -0.39 is 0 Å². The molecule has 1 aromatic heterocycles. The van der Waals surface area contributed by atoms with Crippen LogP contribution in [0.5, 0.6) is 0 Å². The van der Waals surface area contributed by atoms with E-state index in [1.807, 2.05) is 0 Å². The van der Waals surface area contributed by atoms with Crippen molar-refractivity contribution in [2.24, 2.45) is 11.7 Å². The molecular weight excluding hydrogens is 254 g/mol. The van der Waals surface area contributed by atoms with Crippen molar-refractivity contribution in [3.63, 3.8) is 0 Å². The summed E-state index contributed by atoms with van der Waals surface area (Å²) in [6.45, 7) is 3.39. The van der Waals surface area contributed by atoms with Crippen molar-refractivity contribution >= 4 is 11.3 Å². The average Bonchev–Trinajstić information content (AvgIpc) is 2.90. The van der Waals surface area contributed by atoms with Crippen LogP contribution in [0.2, 0.25) is 0 Å². The molecule has 0 radical (unpaired) electrons. The van der Waals surface area contributed by atoms with E-state index in [2.05, 4.69) is 30.2 Å². The van der Waals surface area contributed by atoms with E-state index in [4.69, 9.17) is 10.5 Å². The molecular formula is C16H23NOS. The molecule has 1 aliphatic carbocycles. The van der Waals surface area contributed by atoms with Crippen LogP contribution in [0.15, 0.2) is 11.4 Å². The molecule has 1 aromatic rings. The van der Waals surface area contributed by atoms with E-state index in [-0.39, 0.29) is 0 Å². The Balaban J connectivity index is 1.92. The molecule has 2 nitrogen and oxygen atoms in total. The van der Waals surface area contributed by atoms with Gasteiger partial charge in [-0.15, -0.1) is 11.3 Å². The van der Waals surface area contributed by atoms with E-state index in [9.17, 15) is 0 Å². The van der Waals surface area contributed by atoms with Crippen LogP contribution < -0.4 is 5.73 Å². The number of nitrogens with two attached hydrogens (primary N) is 1. The highest BCUT2D eigenvalue weighted by Crippen LogP contribution is 2.30. The van der Waals surface area contributed by atoms with Gasteiger partial charge in [0.15, 0.2) is 0 Å². The van der Waals surface area contributed by atoms with Crippen molar-refractivity contribution in [1.29, 1.82) is 0 Å². The lowest BCUT2D eigenvalue weighted by atomic mass is 9.85. The summed E-state index contributed by atoms with van der Waals surface area (Å²) in [6.07, 6.45) is 6.89. The zero-order valence-corrected chi connectivity index (χ0v) is 12.5. The summed E-state index contributed by atoms with van der Waals surface area (Å²) in [4.78, 5) is 1.24. The van der Waals surface area contributed by atoms with Crippen molar-refractivity contribution in [2.75, 3.05) is 6.54 Å². The molecule has 2 unspecified atom stereocenters. The molecule has 1 aliphatic rings. The molecule has 0 amide bonds. The fourth-order valence-corrected chi connectivity index (χ4v) is 3.50. The molecule has 0 bridgehead atoms. The second kappa shape index (κ2) is 7.69. The Morgan fingerprint density at radius 1 is 1.42 bits per heavy atom. The topological polar surface area (TPSA) is 35.2 Å². The minimum Gasteiger partial charge on any atom is -0.372 e. The maximum atomic E-state index is 6.16. The Morgan fingerprint density at radius 2 is 2.26 bits per heavy atom. The molecule has 1 fully saturated rings. The third kappa shape index (κ3) is 4.07. The van der Waals surface area contributed by atoms with Gasteiger partial charge in [-0.1, -0.05) is 38.0 Å². The highest BCUT2D eigenvalue weighted by molar-refractivity contribution is 7.10. The van der Waals surface area contributed by atoms with E-state index in [1.165, 1.54) is 37.0 Å². The lowest BCUT2D eigenvalue weighted by molar-refractivity contribution is -0.0211. The maximum Gasteiger partial charge on any atom is 0.0825 e. The first-order chi connectivity index (χ1) is 9.35. The Hall–Kier alpha value is -0.820. The summed E-state index contributed by atoms with van der Waals surface area (Å²) in [5, 5.41) is 2.08. The number of hydrogen-bond acceptors (Lipinski definition) is 3. The Labute approximate surface area is 120 Å². The first-order valence-corrected chi connectivity index (χ1v) is 8.10. The minimum atomic E-state index is 0.413. The third-order valence-electron chi connectivity index (χ3n) is 3.86. The summed E-state index contributed by atoms with van der Waals surface area (Å²) < 4.78 is 6.16. The van der Waals surface area contributed by atoms with Crippen molar-refractivity contribution in [3.05, 3.63) is 21.9 Å². The predicted molar refractivity (Wildman–Crippen MR) is 81.1 cm³/mol. The molecule has 19 heavy (non-hydrogen) atoms. The highest BCUT2D eigenvalue weighted by Gasteiger charge is 2.24. The molecule has 0 aliphatic heterocycles. The Kier molecular flexibility index (Phi) is 5.91. The fraction of sp³-hybridized carbons (Fsp3) is 0.625. The van der Waals surface area contributed by atoms with E-state index >= 15 is 0 Å². The van der Waals surface area contributed by atoms with Crippen molar-refractivity contribution in [3.8, 4) is 11.8 Å². The largest absolute Gasteiger partial charge is 0.372 e. The van der Waals surface area contributed by atoms with Gasteiger partial charge in [0.05, 0.1) is 19.3 Å². The quantitative estimate of drug-likeness (QED) is 0.854. The van der Waals surface area contributed by atoms with Gasteiger partial charge >= 0.3 is 0 Å². The van der Waals surface area contributed by atoms with Crippen LogP contribution in [0.1, 0.15) is 49.5 Å². The van der Waals surface area contributed by atoms with Gasteiger partial charge in [-0.25, -0.2) is 0 Å². The van der Waals surface area contributed by atoms with E-state index in [1.54, 1.807) is 11.3 Å². The first-order valence-electron chi connectivity index (χ1n) is 7.22. The molecule has 0 spiro atoms. The lowest BCUT2D eigenvalue weighted by Gasteiger charge is -2.30. The molecule has 104 valence electrons. The molecule has 2 rings (SSSR count). The van der Waals surface area contributed by atoms with E-state index in [0.717, 1.165) is 11.5 Å². The van der Waals surface area contributed by atoms with Gasteiger partial charge in [0.2, 0.25) is 0 Å². The molecule has 1 heterocycles. The lowest BCUT2D eigenvalue weighted by Crippen LogP contribution is -2.27. The van der Waals surface area contributed by atoms with Gasteiger partial charge in [-0.2, -0.15) is 0 Å². The minimum absolute atomic E-state index is 0.413. The number of hydrogen-bond donors (Lipinski definition) is 1. The van der Waals surface area contributed by atoms with Crippen molar-refractivity contribution in [1.82, 2.24) is 0 Å². The second-order valence-corrected chi connectivity index (χ2v) is 6.07. The summed E-state index contributed by atoms with van der Waals surface area (Å²) in [5.74, 6) is 6.78. The second-order valence-electron chi connectivity index (χ2n) is 5.07. The zero-order valence-electron chi connectivity index (χ0n) is 11.7. The normalized spacial score (nSPS) is 22.8. The van der Waals surface area contributed by atoms with Crippen LogP contribution in [0, 0.1) is 17.8 Å². The monoisotopic (exact) mass is 277 g/mol. The van der Waals surface area contributed by atoms with Crippen LogP contribution in [0.25, 0.3) is 0 Å². The van der Waals surface area contributed by atoms with Gasteiger partial charge in [0, 0.05) is 10.4 Å². The predicted octanol–water partition coefficient (Wildman–Crippen LogP) is 3.54. The maximum absolute atomic E-state index is 6.16. The molecule has 0 aromatic carbocycles. The van der Waals surface area contributed by atoms with Crippen molar-refractivity contribution < 1.29 is 4.74 Å². The van der Waals surface area contributed by atoms with Crippen LogP contribution in [-0.2, 0) is 11.3 Å². The smallest absolute Gasteiger partial charge is 0.0825 e. The van der Waals surface area contributed by atoms with Crippen LogP contribution in [0.3, 0.4) is 0 Å². The third-order valence-corrected chi connectivity index (χ3v) is 4.76. The van der Waals surface area contributed by atoms with Gasteiger partial charge in [0.25, 0.3) is 0 Å². The summed E-state index contributed by atoms with van der Waals surface area (Å²) in [7, 11) is 0. The highest BCUT2D eigenvalue weighted by atomic mass is 32.1. The summed E-state index contributed by atoms with van der Waals surface area (Å²) in [5.41, 5.74) is 6.50. The fourth-order valence-electron chi connectivity index (χ4n) is 2.75. The van der Waals surface area contributed by atoms with Crippen LogP contribution in [0.4, 0.5) is 0 Å². The Bertz CT molecular complexity index is 443. The standard InChI is InChI=1S/C16H23NOS/c1-2-13-6-3-4-8-15(13)18-12-16-14(7-5-10-17)9-11-19-16/h9,11,13,15H,2-4,6,8,10,12,17H2,1H3. The molecule has 0 saturated heterocycles. The number of thiophene rings is 1. The number of rotatable bonds is 4. The van der Waals surface area contributed by atoms with Crippen LogP contribution in [-0.4, -0.2) is 12.6 Å². The first kappa shape index (κ1) is 14.6. The van der Waals surface area contributed by atoms with Gasteiger partial charge in [0.1, 0.15) is 0 Å². The molecule has 2 N–H and O–H groups in total. The zero-order chi connectivity index (χ0) is 13.5. The summed E-state index contributed by atoms with van der Waals surface area (Å²) in [6, 6.07) is 2.06. The summed E-state index contributed by atoms with van der Waals surface area (Å²) >= 11 is 1.73. The SMILES string of the molecule is CCC1CCCCC1OCc1sccc1C#CCN. The van der Waals surface area contributed by atoms with Gasteiger partial charge in [-0.05, 0) is 30.2 Å². The Morgan fingerprint density at radius 3 is 3.05 bits per heavy atom. The molecule has 2 atom stereocenters. The van der Waals surface area contributed by atoms with Gasteiger partial charge < -0.3 is 10.5 Å². The van der Waals surface area contributed by atoms with E-state index in [0.29, 0.717) is 19.3 Å².